The molecule has 0 saturated heterocycles. The van der Waals surface area contributed by atoms with Gasteiger partial charge in [0.1, 0.15) is 6.42 Å². The minimum atomic E-state index is -1.73. The molecule has 0 rings (SSSR count). The molecule has 0 saturated carbocycles. The first kappa shape index (κ1) is 9.83. The quantitative estimate of drug-likeness (QED) is 0.363. The third kappa shape index (κ3) is 3.11. The van der Waals surface area contributed by atoms with Crippen LogP contribution in [0.15, 0.2) is 0 Å². The van der Waals surface area contributed by atoms with E-state index in [1.807, 2.05) is 0 Å². The molecule has 0 aromatic rings. The zero-order chi connectivity index (χ0) is 8.36. The molecule has 0 aliphatic heterocycles. The van der Waals surface area contributed by atoms with Gasteiger partial charge >= 0.3 is 9.33 Å². The number of carboxylic acid groups (broad SMARTS) is 1. The third-order valence-corrected chi connectivity index (χ3v) is 1.77. The highest BCUT2D eigenvalue weighted by molar-refractivity contribution is 9.25. The largest absolute Gasteiger partial charge is 0.481 e. The van der Waals surface area contributed by atoms with E-state index in [4.69, 9.17) is 5.11 Å². The molecular formula is C3H3Br2NO4. The summed E-state index contributed by atoms with van der Waals surface area (Å²) in [6, 6.07) is 0. The Hall–Kier alpha value is -0.170. The minimum Gasteiger partial charge on any atom is -0.481 e. The van der Waals surface area contributed by atoms with Crippen LogP contribution < -0.4 is 0 Å². The van der Waals surface area contributed by atoms with E-state index in [2.05, 4.69) is 31.9 Å². The van der Waals surface area contributed by atoms with Crippen molar-refractivity contribution in [3.8, 4) is 0 Å². The highest BCUT2D eigenvalue weighted by atomic mass is 79.9. The van der Waals surface area contributed by atoms with Crippen LogP contribution in [0.4, 0.5) is 0 Å². The summed E-state index contributed by atoms with van der Waals surface area (Å²) in [7, 11) is 0. The minimum absolute atomic E-state index is 0.611. The van der Waals surface area contributed by atoms with Crippen molar-refractivity contribution in [2.45, 2.75) is 9.78 Å². The van der Waals surface area contributed by atoms with E-state index in [0.29, 0.717) is 0 Å². The van der Waals surface area contributed by atoms with Crippen molar-refractivity contribution < 1.29 is 14.8 Å². The number of rotatable bonds is 3. The molecular weight excluding hydrogens is 274 g/mol. The van der Waals surface area contributed by atoms with E-state index >= 15 is 0 Å². The summed E-state index contributed by atoms with van der Waals surface area (Å²) >= 11 is 5.17. The lowest BCUT2D eigenvalue weighted by Crippen LogP contribution is -2.26. The number of nitro groups is 1. The second-order valence-electron chi connectivity index (χ2n) is 1.49. The maximum absolute atomic E-state index is 10.0. The van der Waals surface area contributed by atoms with Gasteiger partial charge in [0.15, 0.2) is 0 Å². The molecule has 7 heteroatoms. The number of nitrogens with zero attached hydrogens (tertiary/aromatic N) is 1. The van der Waals surface area contributed by atoms with E-state index in [9.17, 15) is 14.9 Å². The van der Waals surface area contributed by atoms with Crippen molar-refractivity contribution in [3.63, 3.8) is 0 Å². The van der Waals surface area contributed by atoms with Crippen LogP contribution in [0.5, 0.6) is 0 Å². The summed E-state index contributed by atoms with van der Waals surface area (Å²) in [5, 5.41) is 18.1. The average Bonchev–Trinajstić information content (AvgIpc) is 1.60. The number of carbonyl (C=O) groups is 1. The number of hydrogen-bond donors (Lipinski definition) is 1. The van der Waals surface area contributed by atoms with Crippen molar-refractivity contribution in [2.24, 2.45) is 0 Å². The Morgan fingerprint density at radius 3 is 2.20 bits per heavy atom. The first-order valence-corrected chi connectivity index (χ1v) is 3.69. The molecule has 0 radical (unpaired) electrons. The predicted octanol–water partition coefficient (Wildman–Crippen LogP) is 1.18. The van der Waals surface area contributed by atoms with Gasteiger partial charge in [-0.2, -0.15) is 0 Å². The zero-order valence-electron chi connectivity index (χ0n) is 4.58. The normalized spacial score (nSPS) is 11.0. The van der Waals surface area contributed by atoms with E-state index in [1.165, 1.54) is 0 Å². The Kier molecular flexibility index (Phi) is 3.23. The molecule has 5 nitrogen and oxygen atoms in total. The highest BCUT2D eigenvalue weighted by Gasteiger charge is 2.38. The molecule has 0 bridgehead atoms. The molecule has 0 heterocycles. The fourth-order valence-corrected chi connectivity index (χ4v) is 0.726. The van der Waals surface area contributed by atoms with Gasteiger partial charge in [-0.25, -0.2) is 0 Å². The lowest BCUT2D eigenvalue weighted by atomic mass is 10.4. The number of aliphatic carboxylic acids is 1. The maximum atomic E-state index is 10.0. The fourth-order valence-electron chi connectivity index (χ4n) is 0.246. The molecule has 0 aliphatic carbocycles. The Bertz CT molecular complexity index is 168. The summed E-state index contributed by atoms with van der Waals surface area (Å²) in [5.41, 5.74) is 0. The van der Waals surface area contributed by atoms with E-state index in [-0.39, 0.29) is 0 Å². The number of carboxylic acids is 1. The van der Waals surface area contributed by atoms with Gasteiger partial charge in [0.05, 0.1) is 0 Å². The molecule has 0 spiro atoms. The van der Waals surface area contributed by atoms with Crippen molar-refractivity contribution >= 4 is 37.8 Å². The molecule has 0 unspecified atom stereocenters. The van der Waals surface area contributed by atoms with Crippen molar-refractivity contribution in [1.82, 2.24) is 0 Å². The summed E-state index contributed by atoms with van der Waals surface area (Å²) in [6.45, 7) is 0. The molecule has 0 aromatic carbocycles. The summed E-state index contributed by atoms with van der Waals surface area (Å²) in [6.07, 6.45) is -0.611. The Balaban J connectivity index is 4.13. The van der Waals surface area contributed by atoms with E-state index < -0.39 is 20.7 Å². The van der Waals surface area contributed by atoms with Crippen LogP contribution in [0.1, 0.15) is 6.42 Å². The predicted molar refractivity (Wildman–Crippen MR) is 39.8 cm³/mol. The second kappa shape index (κ2) is 3.29. The molecule has 0 amide bonds. The number of hydrogen-bond acceptors (Lipinski definition) is 3. The van der Waals surface area contributed by atoms with Gasteiger partial charge < -0.3 is 5.11 Å². The van der Waals surface area contributed by atoms with Crippen LogP contribution in [0.2, 0.25) is 0 Å². The van der Waals surface area contributed by atoms with Crippen molar-refractivity contribution in [3.05, 3.63) is 10.1 Å². The monoisotopic (exact) mass is 275 g/mol. The molecule has 1 N–H and O–H groups in total. The topological polar surface area (TPSA) is 80.4 Å². The molecule has 10 heavy (non-hydrogen) atoms. The summed E-state index contributed by atoms with van der Waals surface area (Å²) < 4.78 is -1.73. The van der Waals surface area contributed by atoms with Gasteiger partial charge in [-0.1, -0.05) is 0 Å². The van der Waals surface area contributed by atoms with Crippen LogP contribution in [0.25, 0.3) is 0 Å². The summed E-state index contributed by atoms with van der Waals surface area (Å²) in [4.78, 5) is 19.2. The first-order chi connectivity index (χ1) is 4.36. The van der Waals surface area contributed by atoms with E-state index in [0.717, 1.165) is 0 Å². The van der Waals surface area contributed by atoms with Gasteiger partial charge in [0.2, 0.25) is 0 Å². The molecule has 0 aromatic heterocycles. The van der Waals surface area contributed by atoms with Gasteiger partial charge in [-0.3, -0.25) is 14.9 Å². The molecule has 0 atom stereocenters. The van der Waals surface area contributed by atoms with Crippen LogP contribution in [-0.4, -0.2) is 19.4 Å². The first-order valence-electron chi connectivity index (χ1n) is 2.10. The van der Waals surface area contributed by atoms with Crippen LogP contribution in [-0.2, 0) is 4.79 Å². The van der Waals surface area contributed by atoms with Crippen molar-refractivity contribution in [2.75, 3.05) is 0 Å². The van der Waals surface area contributed by atoms with Gasteiger partial charge in [0, 0.05) is 36.8 Å². The fraction of sp³-hybridized carbons (Fsp3) is 0.667. The van der Waals surface area contributed by atoms with Crippen LogP contribution >= 0.6 is 31.9 Å². The van der Waals surface area contributed by atoms with Crippen molar-refractivity contribution in [1.29, 1.82) is 0 Å². The smallest absolute Gasteiger partial charge is 0.337 e. The van der Waals surface area contributed by atoms with E-state index in [1.54, 1.807) is 0 Å². The molecule has 0 aliphatic rings. The van der Waals surface area contributed by atoms with Gasteiger partial charge in [-0.15, -0.1) is 0 Å². The van der Waals surface area contributed by atoms with Gasteiger partial charge in [-0.05, 0) is 0 Å². The lowest BCUT2D eigenvalue weighted by Gasteiger charge is -2.06. The maximum Gasteiger partial charge on any atom is 0.337 e. The zero-order valence-corrected chi connectivity index (χ0v) is 7.75. The summed E-state index contributed by atoms with van der Waals surface area (Å²) in [5.74, 6) is -1.24. The molecule has 0 fully saturated rings. The van der Waals surface area contributed by atoms with Crippen LogP contribution in [0, 0.1) is 10.1 Å². The Morgan fingerprint density at radius 2 is 2.10 bits per heavy atom. The standard InChI is InChI=1S/C3H3Br2NO4/c4-3(5,6(9)10)1-2(7)8/h1H2,(H,7,8). The number of halogens is 2. The third-order valence-electron chi connectivity index (χ3n) is 0.631. The second-order valence-corrected chi connectivity index (χ2v) is 5.18. The SMILES string of the molecule is O=C(O)CC(Br)(Br)[N+](=O)[O-]. The van der Waals surface area contributed by atoms with Gasteiger partial charge in [0.25, 0.3) is 0 Å². The Labute approximate surface area is 72.8 Å². The lowest BCUT2D eigenvalue weighted by molar-refractivity contribution is -0.503. The molecule has 58 valence electrons. The number of alkyl halides is 2. The average molecular weight is 277 g/mol. The highest BCUT2D eigenvalue weighted by Crippen LogP contribution is 2.30. The van der Waals surface area contributed by atoms with Crippen LogP contribution in [0.3, 0.4) is 0 Å². The Morgan fingerprint density at radius 1 is 1.70 bits per heavy atom.